The van der Waals surface area contributed by atoms with Crippen molar-refractivity contribution in [3.8, 4) is 0 Å². The molecule has 0 aliphatic carbocycles. The molecule has 0 rings (SSSR count). The first kappa shape index (κ1) is 73.8. The van der Waals surface area contributed by atoms with Gasteiger partial charge in [0.25, 0.3) is 0 Å². The van der Waals surface area contributed by atoms with Gasteiger partial charge in [-0.1, -0.05) is 286 Å². The summed E-state index contributed by atoms with van der Waals surface area (Å²) in [4.78, 5) is 38.3. The van der Waals surface area contributed by atoms with Crippen LogP contribution in [0.4, 0.5) is 0 Å². The lowest BCUT2D eigenvalue weighted by Gasteiger charge is -2.18. The summed E-state index contributed by atoms with van der Waals surface area (Å²) >= 11 is 0. The average Bonchev–Trinajstić information content (AvgIpc) is 3.43. The maximum Gasteiger partial charge on any atom is 0.306 e. The number of hydrogen-bond donors (Lipinski definition) is 0. The van der Waals surface area contributed by atoms with Crippen LogP contribution in [0.1, 0.15) is 342 Å². The van der Waals surface area contributed by atoms with Crippen molar-refractivity contribution in [2.45, 2.75) is 348 Å². The highest BCUT2D eigenvalue weighted by atomic mass is 16.6. The second-order valence-electron chi connectivity index (χ2n) is 22.4. The number of esters is 3. The zero-order chi connectivity index (χ0) is 55.7. The summed E-state index contributed by atoms with van der Waals surface area (Å²) in [5.41, 5.74) is 0. The number of unbranched alkanes of at least 4 members (excludes halogenated alkanes) is 38. The number of rotatable bonds is 61. The van der Waals surface area contributed by atoms with Crippen molar-refractivity contribution < 1.29 is 28.6 Å². The van der Waals surface area contributed by atoms with Crippen LogP contribution in [0.2, 0.25) is 0 Å². The molecule has 1 atom stereocenters. The molecular weight excluding hydrogens is 949 g/mol. The highest BCUT2D eigenvalue weighted by Gasteiger charge is 2.19. The van der Waals surface area contributed by atoms with Crippen LogP contribution in [0.5, 0.6) is 0 Å². The van der Waals surface area contributed by atoms with Gasteiger partial charge in [-0.3, -0.25) is 14.4 Å². The van der Waals surface area contributed by atoms with Crippen molar-refractivity contribution >= 4 is 17.9 Å². The predicted molar refractivity (Wildman–Crippen MR) is 335 cm³/mol. The van der Waals surface area contributed by atoms with E-state index in [1.165, 1.54) is 205 Å². The standard InChI is InChI=1S/C71H126O6/c1-4-7-10-13-16-19-22-25-27-29-31-32-33-34-35-36-37-38-40-41-43-46-49-52-55-58-61-64-70(73)76-67-68(66-75-69(72)63-60-57-54-51-48-45-24-21-18-15-12-9-6-3)77-71(74)65-62-59-56-53-50-47-44-42-39-30-28-26-23-20-17-14-11-8-5-2/h12,15,21-22,24-26,28-29,31,33-34,68H,4-11,13-14,16-20,23,27,30,32,35-67H2,1-3H3/b15-12-,24-21-,25-22-,28-26-,31-29-,34-33-. The molecule has 0 fully saturated rings. The molecule has 6 heteroatoms. The zero-order valence-electron chi connectivity index (χ0n) is 51.2. The second kappa shape index (κ2) is 65.4. The van der Waals surface area contributed by atoms with Crippen LogP contribution < -0.4 is 0 Å². The van der Waals surface area contributed by atoms with E-state index in [-0.39, 0.29) is 31.1 Å². The maximum atomic E-state index is 12.9. The molecule has 0 aromatic heterocycles. The Labute approximate surface area is 478 Å². The molecule has 0 aliphatic rings. The van der Waals surface area contributed by atoms with Gasteiger partial charge in [-0.05, 0) is 109 Å². The lowest BCUT2D eigenvalue weighted by Crippen LogP contribution is -2.30. The molecular formula is C71H126O6. The van der Waals surface area contributed by atoms with Gasteiger partial charge < -0.3 is 14.2 Å². The Morgan fingerprint density at radius 2 is 0.494 bits per heavy atom. The third-order valence-electron chi connectivity index (χ3n) is 14.6. The molecule has 0 radical (unpaired) electrons. The van der Waals surface area contributed by atoms with E-state index < -0.39 is 6.10 Å². The molecule has 0 amide bonds. The summed E-state index contributed by atoms with van der Waals surface area (Å²) in [6.07, 6.45) is 84.9. The molecule has 0 heterocycles. The van der Waals surface area contributed by atoms with Crippen molar-refractivity contribution in [3.05, 3.63) is 72.9 Å². The topological polar surface area (TPSA) is 78.9 Å². The van der Waals surface area contributed by atoms with E-state index in [1.807, 2.05) is 0 Å². The van der Waals surface area contributed by atoms with Crippen LogP contribution in [0, 0.1) is 0 Å². The van der Waals surface area contributed by atoms with Crippen molar-refractivity contribution in [2.75, 3.05) is 13.2 Å². The number of allylic oxidation sites excluding steroid dienone is 12. The van der Waals surface area contributed by atoms with E-state index in [0.29, 0.717) is 19.3 Å². The van der Waals surface area contributed by atoms with Crippen LogP contribution in [-0.4, -0.2) is 37.2 Å². The van der Waals surface area contributed by atoms with Crippen molar-refractivity contribution in [1.29, 1.82) is 0 Å². The molecule has 0 aromatic carbocycles. The summed E-state index contributed by atoms with van der Waals surface area (Å²) in [5, 5.41) is 0. The lowest BCUT2D eigenvalue weighted by atomic mass is 10.0. The number of carbonyl (C=O) groups is 3. The molecule has 0 bridgehead atoms. The van der Waals surface area contributed by atoms with Gasteiger partial charge in [0.15, 0.2) is 6.10 Å². The molecule has 6 nitrogen and oxygen atoms in total. The molecule has 0 aliphatic heterocycles. The minimum absolute atomic E-state index is 0.0799. The van der Waals surface area contributed by atoms with E-state index in [0.717, 1.165) is 96.3 Å². The summed E-state index contributed by atoms with van der Waals surface area (Å²) in [5.74, 6) is -0.883. The zero-order valence-corrected chi connectivity index (χ0v) is 51.2. The molecule has 0 spiro atoms. The van der Waals surface area contributed by atoms with Crippen molar-refractivity contribution in [3.63, 3.8) is 0 Å². The van der Waals surface area contributed by atoms with Gasteiger partial charge in [-0.15, -0.1) is 0 Å². The quantitative estimate of drug-likeness (QED) is 0.0261. The Balaban J connectivity index is 4.27. The number of carbonyl (C=O) groups excluding carboxylic acids is 3. The lowest BCUT2D eigenvalue weighted by molar-refractivity contribution is -0.167. The smallest absolute Gasteiger partial charge is 0.306 e. The van der Waals surface area contributed by atoms with E-state index in [9.17, 15) is 14.4 Å². The maximum absolute atomic E-state index is 12.9. The van der Waals surface area contributed by atoms with Gasteiger partial charge in [-0.25, -0.2) is 0 Å². The SMILES string of the molecule is CCC/C=C\C/C=C\CCCCCCCC(=O)OCC(COC(=O)CCCCCCCCCCCCCC/C=C\C/C=C\C/C=C\CCCCCCC)OC(=O)CCCCCCCCCCC/C=C\CCCCCCCC. The highest BCUT2D eigenvalue weighted by molar-refractivity contribution is 5.71. The Morgan fingerprint density at radius 3 is 0.792 bits per heavy atom. The van der Waals surface area contributed by atoms with E-state index >= 15 is 0 Å². The molecule has 0 N–H and O–H groups in total. The van der Waals surface area contributed by atoms with Crippen molar-refractivity contribution in [1.82, 2.24) is 0 Å². The molecule has 0 saturated heterocycles. The van der Waals surface area contributed by atoms with Crippen LogP contribution in [0.15, 0.2) is 72.9 Å². The number of hydrogen-bond acceptors (Lipinski definition) is 6. The van der Waals surface area contributed by atoms with Crippen LogP contribution in [0.25, 0.3) is 0 Å². The van der Waals surface area contributed by atoms with Gasteiger partial charge in [0.05, 0.1) is 0 Å². The summed E-state index contributed by atoms with van der Waals surface area (Å²) in [7, 11) is 0. The molecule has 446 valence electrons. The average molecular weight is 1080 g/mol. The Kier molecular flexibility index (Phi) is 62.7. The Morgan fingerprint density at radius 1 is 0.260 bits per heavy atom. The minimum atomic E-state index is -0.784. The normalized spacial score (nSPS) is 12.5. The fourth-order valence-electron chi connectivity index (χ4n) is 9.60. The minimum Gasteiger partial charge on any atom is -0.462 e. The summed E-state index contributed by atoms with van der Waals surface area (Å²) in [6.45, 7) is 6.59. The highest BCUT2D eigenvalue weighted by Crippen LogP contribution is 2.17. The molecule has 0 saturated carbocycles. The van der Waals surface area contributed by atoms with Gasteiger partial charge in [-0.2, -0.15) is 0 Å². The second-order valence-corrected chi connectivity index (χ2v) is 22.4. The van der Waals surface area contributed by atoms with Gasteiger partial charge >= 0.3 is 17.9 Å². The van der Waals surface area contributed by atoms with Crippen LogP contribution in [-0.2, 0) is 28.6 Å². The Hall–Kier alpha value is -3.15. The van der Waals surface area contributed by atoms with Gasteiger partial charge in [0.2, 0.25) is 0 Å². The van der Waals surface area contributed by atoms with Crippen molar-refractivity contribution in [2.24, 2.45) is 0 Å². The number of ether oxygens (including phenoxy) is 3. The predicted octanol–water partition coefficient (Wildman–Crippen LogP) is 22.9. The molecule has 0 aromatic rings. The first-order valence-electron chi connectivity index (χ1n) is 33.4. The first-order valence-corrected chi connectivity index (χ1v) is 33.4. The molecule has 1 unspecified atom stereocenters. The van der Waals surface area contributed by atoms with E-state index in [4.69, 9.17) is 14.2 Å². The monoisotopic (exact) mass is 1070 g/mol. The molecule has 77 heavy (non-hydrogen) atoms. The first-order chi connectivity index (χ1) is 38.0. The fraction of sp³-hybridized carbons (Fsp3) is 0.789. The van der Waals surface area contributed by atoms with Gasteiger partial charge in [0.1, 0.15) is 13.2 Å². The third-order valence-corrected chi connectivity index (χ3v) is 14.6. The van der Waals surface area contributed by atoms with E-state index in [2.05, 4.69) is 93.7 Å². The van der Waals surface area contributed by atoms with Gasteiger partial charge in [0, 0.05) is 19.3 Å². The van der Waals surface area contributed by atoms with Crippen LogP contribution >= 0.6 is 0 Å². The van der Waals surface area contributed by atoms with E-state index in [1.54, 1.807) is 0 Å². The fourth-order valence-corrected chi connectivity index (χ4v) is 9.60. The third kappa shape index (κ3) is 63.6. The largest absolute Gasteiger partial charge is 0.462 e. The van der Waals surface area contributed by atoms with Crippen LogP contribution in [0.3, 0.4) is 0 Å². The Bertz CT molecular complexity index is 1420. The summed E-state index contributed by atoms with van der Waals surface area (Å²) in [6, 6.07) is 0. The summed E-state index contributed by atoms with van der Waals surface area (Å²) < 4.78 is 16.9.